The molecule has 1 heterocycles. The number of anilines is 1. The van der Waals surface area contributed by atoms with Crippen LogP contribution in [0.1, 0.15) is 19.7 Å². The zero-order chi connectivity index (χ0) is 13.5. The lowest BCUT2D eigenvalue weighted by Gasteiger charge is -2.19. The summed E-state index contributed by atoms with van der Waals surface area (Å²) in [4.78, 5) is 16.0. The second-order valence-electron chi connectivity index (χ2n) is 4.24. The van der Waals surface area contributed by atoms with Crippen LogP contribution in [0.3, 0.4) is 0 Å². The van der Waals surface area contributed by atoms with E-state index < -0.39 is 0 Å². The van der Waals surface area contributed by atoms with Crippen molar-refractivity contribution in [2.75, 3.05) is 26.1 Å². The molecule has 2 N–H and O–H groups in total. The van der Waals surface area contributed by atoms with E-state index in [9.17, 15) is 4.79 Å². The van der Waals surface area contributed by atoms with E-state index in [0.29, 0.717) is 18.2 Å². The minimum atomic E-state index is -0.293. The van der Waals surface area contributed by atoms with Crippen LogP contribution in [0.5, 0.6) is 0 Å². The first-order valence-corrected chi connectivity index (χ1v) is 6.65. The molecular weight excluding hydrogens is 252 g/mol. The minimum absolute atomic E-state index is 0.0429. The van der Waals surface area contributed by atoms with E-state index in [4.69, 9.17) is 4.74 Å². The molecule has 0 radical (unpaired) electrons. The summed E-state index contributed by atoms with van der Waals surface area (Å²) in [5.41, 5.74) is 0. The number of nitrogens with zero attached hydrogens (tertiary/aromatic N) is 2. The van der Waals surface area contributed by atoms with Crippen molar-refractivity contribution in [2.24, 2.45) is 5.92 Å². The van der Waals surface area contributed by atoms with Gasteiger partial charge in [0.1, 0.15) is 11.9 Å². The molecule has 0 fully saturated rings. The molecule has 6 nitrogen and oxygen atoms in total. The third-order valence-electron chi connectivity index (χ3n) is 2.47. The van der Waals surface area contributed by atoms with Crippen LogP contribution < -0.4 is 10.6 Å². The topological polar surface area (TPSA) is 76.1 Å². The lowest BCUT2D eigenvalue weighted by Crippen LogP contribution is -2.41. The molecule has 7 heteroatoms. The van der Waals surface area contributed by atoms with Crippen LogP contribution in [0, 0.1) is 5.92 Å². The highest BCUT2D eigenvalue weighted by Gasteiger charge is 2.22. The lowest BCUT2D eigenvalue weighted by molar-refractivity contribution is -0.122. The number of hydrogen-bond donors (Lipinski definition) is 2. The van der Waals surface area contributed by atoms with Gasteiger partial charge < -0.3 is 15.4 Å². The van der Waals surface area contributed by atoms with E-state index in [2.05, 4.69) is 20.0 Å². The van der Waals surface area contributed by atoms with Crippen LogP contribution in [0.4, 0.5) is 5.13 Å². The van der Waals surface area contributed by atoms with Gasteiger partial charge in [0, 0.05) is 32.1 Å². The minimum Gasteiger partial charge on any atom is -0.384 e. The number of likely N-dealkylation sites (N-methyl/N-ethyl adjacent to an activating group) is 1. The van der Waals surface area contributed by atoms with Gasteiger partial charge in [0.05, 0.1) is 6.61 Å². The van der Waals surface area contributed by atoms with Gasteiger partial charge in [-0.05, 0) is 5.92 Å². The summed E-state index contributed by atoms with van der Waals surface area (Å²) in [6.07, 6.45) is 0.682. The van der Waals surface area contributed by atoms with E-state index in [0.717, 1.165) is 5.82 Å². The van der Waals surface area contributed by atoms with Gasteiger partial charge in [-0.2, -0.15) is 4.37 Å². The van der Waals surface area contributed by atoms with Crippen molar-refractivity contribution >= 4 is 22.6 Å². The van der Waals surface area contributed by atoms with Crippen LogP contribution in [-0.2, 0) is 16.0 Å². The van der Waals surface area contributed by atoms with E-state index >= 15 is 0 Å². The fraction of sp³-hybridized carbons (Fsp3) is 0.727. The molecule has 1 atom stereocenters. The lowest BCUT2D eigenvalue weighted by atomic mass is 10.0. The molecule has 0 spiro atoms. The summed E-state index contributed by atoms with van der Waals surface area (Å²) < 4.78 is 9.18. The molecule has 0 aromatic carbocycles. The number of aromatic nitrogens is 2. The predicted octanol–water partition coefficient (Wildman–Crippen LogP) is 0.909. The molecule has 1 aromatic heterocycles. The largest absolute Gasteiger partial charge is 0.384 e. The van der Waals surface area contributed by atoms with Crippen molar-refractivity contribution in [1.82, 2.24) is 14.7 Å². The molecule has 0 saturated heterocycles. The molecule has 1 amide bonds. The summed E-state index contributed by atoms with van der Waals surface area (Å²) >= 11 is 1.27. The highest BCUT2D eigenvalue weighted by atomic mass is 32.1. The Hall–Kier alpha value is -1.21. The zero-order valence-corrected chi connectivity index (χ0v) is 12.0. The van der Waals surface area contributed by atoms with Crippen molar-refractivity contribution in [2.45, 2.75) is 26.3 Å². The van der Waals surface area contributed by atoms with Gasteiger partial charge in [-0.3, -0.25) is 4.79 Å². The Morgan fingerprint density at radius 1 is 1.50 bits per heavy atom. The molecule has 18 heavy (non-hydrogen) atoms. The van der Waals surface area contributed by atoms with Crippen molar-refractivity contribution in [3.8, 4) is 0 Å². The maximum atomic E-state index is 11.7. The Balaban J connectivity index is 2.63. The number of nitrogens with one attached hydrogen (secondary N) is 2. The summed E-state index contributed by atoms with van der Waals surface area (Å²) in [6, 6.07) is -0.293. The van der Waals surface area contributed by atoms with Crippen LogP contribution in [-0.4, -0.2) is 42.1 Å². The molecule has 102 valence electrons. The second-order valence-corrected chi connectivity index (χ2v) is 4.99. The molecule has 0 aliphatic heterocycles. The Morgan fingerprint density at radius 2 is 2.22 bits per heavy atom. The Morgan fingerprint density at radius 3 is 2.78 bits per heavy atom. The number of carbonyl (C=O) groups is 1. The Labute approximate surface area is 111 Å². The summed E-state index contributed by atoms with van der Waals surface area (Å²) in [7, 11) is 3.27. The molecule has 0 aliphatic rings. The first kappa shape index (κ1) is 14.8. The van der Waals surface area contributed by atoms with Gasteiger partial charge in [-0.15, -0.1) is 0 Å². The van der Waals surface area contributed by atoms with Gasteiger partial charge in [0.15, 0.2) is 0 Å². The maximum absolute atomic E-state index is 11.7. The predicted molar refractivity (Wildman–Crippen MR) is 71.8 cm³/mol. The fourth-order valence-electron chi connectivity index (χ4n) is 1.43. The Kier molecular flexibility index (Phi) is 6.00. The summed E-state index contributed by atoms with van der Waals surface area (Å²) in [6.45, 7) is 4.57. The van der Waals surface area contributed by atoms with Crippen LogP contribution in [0.15, 0.2) is 0 Å². The molecule has 0 saturated carbocycles. The highest BCUT2D eigenvalue weighted by molar-refractivity contribution is 7.09. The van der Waals surface area contributed by atoms with Crippen molar-refractivity contribution in [3.63, 3.8) is 0 Å². The van der Waals surface area contributed by atoms with Gasteiger partial charge in [0.25, 0.3) is 0 Å². The average molecular weight is 272 g/mol. The second kappa shape index (κ2) is 7.27. The number of ether oxygens (including phenoxy) is 1. The number of rotatable bonds is 7. The van der Waals surface area contributed by atoms with Crippen LogP contribution in [0.25, 0.3) is 0 Å². The monoisotopic (exact) mass is 272 g/mol. The van der Waals surface area contributed by atoms with E-state index in [1.54, 1.807) is 14.2 Å². The first-order chi connectivity index (χ1) is 8.58. The quantitative estimate of drug-likeness (QED) is 0.771. The zero-order valence-electron chi connectivity index (χ0n) is 11.2. The van der Waals surface area contributed by atoms with Crippen molar-refractivity contribution in [3.05, 3.63) is 5.82 Å². The number of methoxy groups -OCH3 is 1. The van der Waals surface area contributed by atoms with E-state index in [1.165, 1.54) is 11.5 Å². The van der Waals surface area contributed by atoms with Gasteiger partial charge in [-0.25, -0.2) is 4.98 Å². The molecule has 0 aliphatic carbocycles. The average Bonchev–Trinajstić information content (AvgIpc) is 2.80. The van der Waals surface area contributed by atoms with E-state index in [-0.39, 0.29) is 17.9 Å². The summed E-state index contributed by atoms with van der Waals surface area (Å²) in [5.74, 6) is 0.874. The van der Waals surface area contributed by atoms with Crippen LogP contribution in [0.2, 0.25) is 0 Å². The SMILES string of the molecule is CNC(=O)C(Nc1nc(CCOC)ns1)C(C)C. The highest BCUT2D eigenvalue weighted by Crippen LogP contribution is 2.16. The van der Waals surface area contributed by atoms with Crippen LogP contribution >= 0.6 is 11.5 Å². The van der Waals surface area contributed by atoms with Gasteiger partial charge in [0.2, 0.25) is 11.0 Å². The summed E-state index contributed by atoms with van der Waals surface area (Å²) in [5, 5.41) is 6.43. The fourth-order valence-corrected chi connectivity index (χ4v) is 2.08. The molecule has 1 aromatic rings. The van der Waals surface area contributed by atoms with E-state index in [1.807, 2.05) is 13.8 Å². The van der Waals surface area contributed by atoms with Gasteiger partial charge >= 0.3 is 0 Å². The number of carbonyl (C=O) groups excluding carboxylic acids is 1. The van der Waals surface area contributed by atoms with Crippen molar-refractivity contribution < 1.29 is 9.53 Å². The van der Waals surface area contributed by atoms with Gasteiger partial charge in [-0.1, -0.05) is 13.8 Å². The standard InChI is InChI=1S/C11H20N4O2S/c1-7(2)9(10(16)12-3)14-11-13-8(15-18-11)5-6-17-4/h7,9H,5-6H2,1-4H3,(H,12,16)(H,13,14,15). The van der Waals surface area contributed by atoms with Crippen molar-refractivity contribution in [1.29, 1.82) is 0 Å². The molecule has 1 unspecified atom stereocenters. The molecule has 0 bridgehead atoms. The molecule has 1 rings (SSSR count). The third-order valence-corrected chi connectivity index (χ3v) is 3.16. The molecular formula is C11H20N4O2S. The number of hydrogen-bond acceptors (Lipinski definition) is 6. The first-order valence-electron chi connectivity index (χ1n) is 5.88. The maximum Gasteiger partial charge on any atom is 0.242 e. The third kappa shape index (κ3) is 4.23. The smallest absolute Gasteiger partial charge is 0.242 e. The Bertz CT molecular complexity index is 381. The number of amides is 1. The normalized spacial score (nSPS) is 12.5.